The Morgan fingerprint density at radius 2 is 2.30 bits per heavy atom. The summed E-state index contributed by atoms with van der Waals surface area (Å²) in [7, 11) is 0. The molecule has 20 heavy (non-hydrogen) atoms. The molecular formula is C14H22ClN3O2. The third-order valence-corrected chi connectivity index (χ3v) is 3.30. The largest absolute Gasteiger partial charge is 0.394 e. The molecule has 112 valence electrons. The first-order valence-electron chi connectivity index (χ1n) is 6.81. The van der Waals surface area contributed by atoms with Crippen molar-refractivity contribution in [1.82, 2.24) is 15.1 Å². The van der Waals surface area contributed by atoms with Crippen molar-refractivity contribution in [2.75, 3.05) is 6.61 Å². The number of carbonyl (C=O) groups excluding carboxylic acids is 1. The summed E-state index contributed by atoms with van der Waals surface area (Å²) in [6.07, 6.45) is 5.15. The molecule has 0 aliphatic heterocycles. The van der Waals surface area contributed by atoms with Crippen LogP contribution in [0.25, 0.3) is 6.08 Å². The van der Waals surface area contributed by atoms with Crippen LogP contribution in [-0.2, 0) is 11.3 Å². The van der Waals surface area contributed by atoms with Gasteiger partial charge in [0, 0.05) is 24.2 Å². The van der Waals surface area contributed by atoms with Crippen molar-refractivity contribution in [3.05, 3.63) is 22.5 Å². The average molecular weight is 300 g/mol. The lowest BCUT2D eigenvalue weighted by atomic mass is 10.2. The molecule has 0 saturated carbocycles. The van der Waals surface area contributed by atoms with Gasteiger partial charge in [0.25, 0.3) is 0 Å². The van der Waals surface area contributed by atoms with Gasteiger partial charge in [0.1, 0.15) is 5.15 Å². The van der Waals surface area contributed by atoms with E-state index in [4.69, 9.17) is 16.7 Å². The van der Waals surface area contributed by atoms with E-state index in [2.05, 4.69) is 17.3 Å². The number of rotatable bonds is 7. The Hall–Kier alpha value is -1.33. The molecule has 0 aromatic carbocycles. The van der Waals surface area contributed by atoms with Gasteiger partial charge in [-0.15, -0.1) is 0 Å². The van der Waals surface area contributed by atoms with Crippen molar-refractivity contribution in [2.45, 2.75) is 46.2 Å². The van der Waals surface area contributed by atoms with Gasteiger partial charge in [-0.1, -0.05) is 24.9 Å². The van der Waals surface area contributed by atoms with E-state index < -0.39 is 0 Å². The van der Waals surface area contributed by atoms with Crippen LogP contribution in [0.2, 0.25) is 5.15 Å². The molecule has 0 fully saturated rings. The van der Waals surface area contributed by atoms with Gasteiger partial charge in [-0.05, 0) is 26.3 Å². The Kier molecular flexibility index (Phi) is 6.75. The Balaban J connectivity index is 2.76. The molecule has 0 spiro atoms. The fourth-order valence-corrected chi connectivity index (χ4v) is 2.03. The predicted octanol–water partition coefficient (Wildman–Crippen LogP) is 2.16. The number of nitrogens with one attached hydrogen (secondary N) is 1. The van der Waals surface area contributed by atoms with E-state index in [-0.39, 0.29) is 18.6 Å². The van der Waals surface area contributed by atoms with E-state index in [0.29, 0.717) is 5.15 Å². The molecule has 0 aliphatic rings. The Morgan fingerprint density at radius 3 is 2.90 bits per heavy atom. The van der Waals surface area contributed by atoms with Gasteiger partial charge in [0.15, 0.2) is 0 Å². The first kappa shape index (κ1) is 16.7. The smallest absolute Gasteiger partial charge is 0.244 e. The van der Waals surface area contributed by atoms with E-state index in [9.17, 15) is 4.79 Å². The summed E-state index contributed by atoms with van der Waals surface area (Å²) >= 11 is 6.26. The fraction of sp³-hybridized carbons (Fsp3) is 0.571. The zero-order chi connectivity index (χ0) is 15.1. The molecule has 1 rings (SSSR count). The maximum atomic E-state index is 11.6. The van der Waals surface area contributed by atoms with Crippen molar-refractivity contribution >= 4 is 23.6 Å². The van der Waals surface area contributed by atoms with E-state index in [0.717, 1.165) is 30.6 Å². The Morgan fingerprint density at radius 1 is 1.60 bits per heavy atom. The summed E-state index contributed by atoms with van der Waals surface area (Å²) in [5.74, 6) is -0.261. The molecule has 0 aliphatic carbocycles. The normalized spacial score (nSPS) is 12.8. The van der Waals surface area contributed by atoms with Gasteiger partial charge in [-0.2, -0.15) is 5.10 Å². The molecule has 1 amide bonds. The van der Waals surface area contributed by atoms with Gasteiger partial charge < -0.3 is 10.4 Å². The minimum Gasteiger partial charge on any atom is -0.394 e. The molecule has 1 aromatic heterocycles. The molecule has 1 unspecified atom stereocenters. The van der Waals surface area contributed by atoms with E-state index in [1.807, 2.05) is 6.92 Å². The standard InChI is InChI=1S/C14H22ClN3O2/c1-4-5-8-18-14(15)12(11(3)17-18)6-7-13(20)16-10(2)9-19/h6-7,10,19H,4-5,8-9H2,1-3H3,(H,16,20)/b7-6+. The van der Waals surface area contributed by atoms with Crippen LogP contribution < -0.4 is 5.32 Å². The summed E-state index contributed by atoms with van der Waals surface area (Å²) in [6.45, 7) is 6.39. The quantitative estimate of drug-likeness (QED) is 0.758. The summed E-state index contributed by atoms with van der Waals surface area (Å²) < 4.78 is 1.76. The third kappa shape index (κ3) is 4.65. The van der Waals surface area contributed by atoms with Crippen molar-refractivity contribution in [2.24, 2.45) is 0 Å². The Bertz CT molecular complexity index is 483. The van der Waals surface area contributed by atoms with Crippen LogP contribution in [0.3, 0.4) is 0 Å². The predicted molar refractivity (Wildman–Crippen MR) is 80.6 cm³/mol. The van der Waals surface area contributed by atoms with Gasteiger partial charge in [0.05, 0.1) is 12.3 Å². The lowest BCUT2D eigenvalue weighted by molar-refractivity contribution is -0.117. The lowest BCUT2D eigenvalue weighted by Gasteiger charge is -2.07. The highest BCUT2D eigenvalue weighted by Crippen LogP contribution is 2.21. The fourth-order valence-electron chi connectivity index (χ4n) is 1.71. The number of unbranched alkanes of at least 4 members (excludes halogenated alkanes) is 1. The summed E-state index contributed by atoms with van der Waals surface area (Å²) in [6, 6.07) is -0.268. The number of aryl methyl sites for hydroxylation is 2. The molecule has 0 radical (unpaired) electrons. The maximum absolute atomic E-state index is 11.6. The van der Waals surface area contributed by atoms with Crippen LogP contribution in [0.15, 0.2) is 6.08 Å². The highest BCUT2D eigenvalue weighted by atomic mass is 35.5. The SMILES string of the molecule is CCCCn1nc(C)c(/C=C/C(=O)NC(C)CO)c1Cl. The second kappa shape index (κ2) is 8.07. The maximum Gasteiger partial charge on any atom is 0.244 e. The first-order chi connectivity index (χ1) is 9.49. The molecule has 5 nitrogen and oxygen atoms in total. The molecule has 6 heteroatoms. The number of hydrogen-bond acceptors (Lipinski definition) is 3. The third-order valence-electron chi connectivity index (χ3n) is 2.90. The molecule has 0 bridgehead atoms. The lowest BCUT2D eigenvalue weighted by Crippen LogP contribution is -2.33. The zero-order valence-electron chi connectivity index (χ0n) is 12.2. The van der Waals surface area contributed by atoms with E-state index in [1.54, 1.807) is 17.7 Å². The second-order valence-corrected chi connectivity index (χ2v) is 5.15. The number of amides is 1. The Labute approximate surface area is 124 Å². The number of aliphatic hydroxyl groups is 1. The number of carbonyl (C=O) groups is 1. The van der Waals surface area contributed by atoms with Gasteiger partial charge in [-0.25, -0.2) is 0 Å². The van der Waals surface area contributed by atoms with Crippen molar-refractivity contribution in [3.63, 3.8) is 0 Å². The summed E-state index contributed by atoms with van der Waals surface area (Å²) in [5.41, 5.74) is 1.56. The van der Waals surface area contributed by atoms with Crippen LogP contribution in [0, 0.1) is 6.92 Å². The molecule has 1 atom stereocenters. The van der Waals surface area contributed by atoms with Crippen molar-refractivity contribution in [1.29, 1.82) is 0 Å². The van der Waals surface area contributed by atoms with Crippen molar-refractivity contribution < 1.29 is 9.90 Å². The highest BCUT2D eigenvalue weighted by Gasteiger charge is 2.11. The van der Waals surface area contributed by atoms with Crippen LogP contribution in [0.5, 0.6) is 0 Å². The van der Waals surface area contributed by atoms with E-state index in [1.165, 1.54) is 6.08 Å². The molecule has 1 aromatic rings. The van der Waals surface area contributed by atoms with Gasteiger partial charge in [0.2, 0.25) is 5.91 Å². The van der Waals surface area contributed by atoms with Gasteiger partial charge >= 0.3 is 0 Å². The number of aromatic nitrogens is 2. The minimum absolute atomic E-state index is 0.0890. The summed E-state index contributed by atoms with van der Waals surface area (Å²) in [5, 5.41) is 16.4. The first-order valence-corrected chi connectivity index (χ1v) is 7.19. The van der Waals surface area contributed by atoms with E-state index >= 15 is 0 Å². The number of hydrogen-bond donors (Lipinski definition) is 2. The minimum atomic E-state index is -0.268. The van der Waals surface area contributed by atoms with Crippen LogP contribution in [-0.4, -0.2) is 33.4 Å². The highest BCUT2D eigenvalue weighted by molar-refractivity contribution is 6.31. The molecular weight excluding hydrogens is 278 g/mol. The topological polar surface area (TPSA) is 67.2 Å². The second-order valence-electron chi connectivity index (χ2n) is 4.79. The number of nitrogens with zero attached hydrogens (tertiary/aromatic N) is 2. The molecule has 2 N–H and O–H groups in total. The molecule has 0 saturated heterocycles. The number of aliphatic hydroxyl groups excluding tert-OH is 1. The summed E-state index contributed by atoms with van der Waals surface area (Å²) in [4.78, 5) is 11.6. The molecule has 1 heterocycles. The van der Waals surface area contributed by atoms with Crippen LogP contribution in [0.1, 0.15) is 37.9 Å². The average Bonchev–Trinajstić information content (AvgIpc) is 2.68. The number of halogens is 1. The van der Waals surface area contributed by atoms with Crippen LogP contribution in [0.4, 0.5) is 0 Å². The van der Waals surface area contributed by atoms with Gasteiger partial charge in [-0.3, -0.25) is 9.48 Å². The van der Waals surface area contributed by atoms with Crippen molar-refractivity contribution in [3.8, 4) is 0 Å². The van der Waals surface area contributed by atoms with Crippen LogP contribution >= 0.6 is 11.6 Å². The zero-order valence-corrected chi connectivity index (χ0v) is 12.9. The monoisotopic (exact) mass is 299 g/mol.